The van der Waals surface area contributed by atoms with Crippen LogP contribution in [-0.2, 0) is 0 Å². The molecule has 0 aliphatic carbocycles. The number of hydrogen-bond acceptors (Lipinski definition) is 2. The van der Waals surface area contributed by atoms with Gasteiger partial charge in [0.05, 0.1) is 22.1 Å². The highest BCUT2D eigenvalue weighted by Crippen LogP contribution is 2.46. The molecule has 0 radical (unpaired) electrons. The number of imidazole rings is 1. The van der Waals surface area contributed by atoms with E-state index in [1.54, 1.807) is 0 Å². The number of benzene rings is 8. The second kappa shape index (κ2) is 9.12. The van der Waals surface area contributed by atoms with Crippen molar-refractivity contribution in [2.75, 3.05) is 0 Å². The molecule has 11 rings (SSSR count). The quantitative estimate of drug-likeness (QED) is 0.147. The number of aromatic nitrogens is 3. The van der Waals surface area contributed by atoms with Gasteiger partial charge in [-0.3, -0.25) is 4.40 Å². The van der Waals surface area contributed by atoms with Crippen molar-refractivity contribution in [3.63, 3.8) is 0 Å². The van der Waals surface area contributed by atoms with E-state index >= 15 is 0 Å². The minimum Gasteiger partial charge on any atom is -0.300 e. The van der Waals surface area contributed by atoms with Gasteiger partial charge in [0.1, 0.15) is 5.65 Å². The monoisotopic (exact) mass is 595 g/mol. The Hall–Kier alpha value is -6.32. The Kier molecular flexibility index (Phi) is 4.84. The summed E-state index contributed by atoms with van der Waals surface area (Å²) in [4.78, 5) is 10.3. The summed E-state index contributed by atoms with van der Waals surface area (Å²) in [5, 5.41) is 12.4. The summed E-state index contributed by atoms with van der Waals surface area (Å²) in [6.07, 6.45) is 2.17. The fourth-order valence-electron chi connectivity index (χ4n) is 8.10. The molecule has 216 valence electrons. The third kappa shape index (κ3) is 3.35. The predicted molar refractivity (Wildman–Crippen MR) is 198 cm³/mol. The summed E-state index contributed by atoms with van der Waals surface area (Å²) in [5.41, 5.74) is 10.00. The number of rotatable bonds is 2. The van der Waals surface area contributed by atoms with E-state index in [0.717, 1.165) is 27.7 Å². The standard InChI is InChI=1S/C44H25N3/c1-2-10-26(11-3-1)27-22-23-47-39-25-36-30-16-8-14-28-32(42-33-12-4-6-18-37(33)45-38-19-7-5-13-34(38)42)21-20-31(41(28)30)29-15-9-17-35(43(29)36)44(39)46-40(47)24-27/h1-25H. The normalized spacial score (nSPS) is 12.3. The molecule has 0 aliphatic heterocycles. The van der Waals surface area contributed by atoms with Crippen molar-refractivity contribution in [3.8, 4) is 22.3 Å². The molecule has 0 saturated heterocycles. The van der Waals surface area contributed by atoms with Crippen LogP contribution in [0, 0.1) is 0 Å². The zero-order valence-corrected chi connectivity index (χ0v) is 25.3. The van der Waals surface area contributed by atoms with Gasteiger partial charge >= 0.3 is 0 Å². The molecule has 47 heavy (non-hydrogen) atoms. The Morgan fingerprint density at radius 2 is 1.02 bits per heavy atom. The van der Waals surface area contributed by atoms with E-state index < -0.39 is 0 Å². The van der Waals surface area contributed by atoms with Crippen molar-refractivity contribution >= 4 is 81.6 Å². The van der Waals surface area contributed by atoms with Crippen molar-refractivity contribution < 1.29 is 0 Å². The van der Waals surface area contributed by atoms with Gasteiger partial charge in [-0.25, -0.2) is 9.97 Å². The minimum atomic E-state index is 0.957. The molecule has 0 fully saturated rings. The molecule has 0 atom stereocenters. The molecule has 0 spiro atoms. The summed E-state index contributed by atoms with van der Waals surface area (Å²) >= 11 is 0. The average Bonchev–Trinajstić information content (AvgIpc) is 3.51. The van der Waals surface area contributed by atoms with Gasteiger partial charge in [-0.05, 0) is 84.7 Å². The van der Waals surface area contributed by atoms with Crippen molar-refractivity contribution in [2.24, 2.45) is 0 Å². The first-order chi connectivity index (χ1) is 23.3. The molecule has 3 aromatic heterocycles. The molecule has 3 nitrogen and oxygen atoms in total. The Labute approximate surface area is 269 Å². The van der Waals surface area contributed by atoms with E-state index in [2.05, 4.69) is 156 Å². The summed E-state index contributed by atoms with van der Waals surface area (Å²) in [6.45, 7) is 0. The highest BCUT2D eigenvalue weighted by atomic mass is 15.0. The maximum absolute atomic E-state index is 5.24. The van der Waals surface area contributed by atoms with Crippen LogP contribution in [0.1, 0.15) is 0 Å². The SMILES string of the molecule is c1ccc(-c2ccn3c(c2)nc2c4cccc5c6ccc(-c7c8ccccc8nc8ccccc78)c7cccc(c(cc23)c54)c76)cc1. The van der Waals surface area contributed by atoms with Crippen molar-refractivity contribution in [3.05, 3.63) is 152 Å². The molecular weight excluding hydrogens is 571 g/mol. The number of fused-ring (bicyclic) bond motifs is 8. The third-order valence-corrected chi connectivity index (χ3v) is 10.1. The summed E-state index contributed by atoms with van der Waals surface area (Å²) in [6, 6.07) is 52.5. The van der Waals surface area contributed by atoms with Gasteiger partial charge in [0.25, 0.3) is 0 Å². The van der Waals surface area contributed by atoms with Crippen molar-refractivity contribution in [1.29, 1.82) is 0 Å². The second-order valence-electron chi connectivity index (χ2n) is 12.6. The largest absolute Gasteiger partial charge is 0.300 e. The summed E-state index contributed by atoms with van der Waals surface area (Å²) < 4.78 is 2.24. The predicted octanol–water partition coefficient (Wildman–Crippen LogP) is 11.6. The van der Waals surface area contributed by atoms with E-state index in [-0.39, 0.29) is 0 Å². The van der Waals surface area contributed by atoms with Crippen LogP contribution in [0.25, 0.3) is 104 Å². The van der Waals surface area contributed by atoms with E-state index in [0.29, 0.717) is 0 Å². The summed E-state index contributed by atoms with van der Waals surface area (Å²) in [7, 11) is 0. The van der Waals surface area contributed by atoms with Gasteiger partial charge < -0.3 is 0 Å². The molecule has 3 heterocycles. The topological polar surface area (TPSA) is 30.2 Å². The Morgan fingerprint density at radius 1 is 0.404 bits per heavy atom. The van der Waals surface area contributed by atoms with Crippen molar-refractivity contribution in [1.82, 2.24) is 14.4 Å². The molecule has 3 heteroatoms. The fourth-order valence-corrected chi connectivity index (χ4v) is 8.10. The molecule has 0 saturated carbocycles. The Morgan fingerprint density at radius 3 is 1.81 bits per heavy atom. The van der Waals surface area contributed by atoms with Crippen LogP contribution in [0.2, 0.25) is 0 Å². The first kappa shape index (κ1) is 24.9. The minimum absolute atomic E-state index is 0.957. The van der Waals surface area contributed by atoms with Gasteiger partial charge in [0.15, 0.2) is 0 Å². The molecule has 11 aromatic rings. The van der Waals surface area contributed by atoms with E-state index in [1.807, 2.05) is 0 Å². The molecule has 0 amide bonds. The smallest absolute Gasteiger partial charge is 0.138 e. The lowest BCUT2D eigenvalue weighted by Gasteiger charge is -2.18. The van der Waals surface area contributed by atoms with Crippen LogP contribution in [0.3, 0.4) is 0 Å². The van der Waals surface area contributed by atoms with Gasteiger partial charge in [-0.2, -0.15) is 0 Å². The number of para-hydroxylation sites is 2. The van der Waals surface area contributed by atoms with Crippen LogP contribution in [0.5, 0.6) is 0 Å². The number of nitrogens with zero attached hydrogens (tertiary/aromatic N) is 3. The van der Waals surface area contributed by atoms with Crippen LogP contribution in [0.15, 0.2) is 152 Å². The number of hydrogen-bond donors (Lipinski definition) is 0. The molecule has 8 aromatic carbocycles. The van der Waals surface area contributed by atoms with Gasteiger partial charge in [-0.1, -0.05) is 115 Å². The third-order valence-electron chi connectivity index (χ3n) is 10.1. The highest BCUT2D eigenvalue weighted by Gasteiger charge is 2.20. The van der Waals surface area contributed by atoms with Crippen molar-refractivity contribution in [2.45, 2.75) is 0 Å². The zero-order chi connectivity index (χ0) is 30.6. The number of pyridine rings is 2. The van der Waals surface area contributed by atoms with Gasteiger partial charge in [0.2, 0.25) is 0 Å². The van der Waals surface area contributed by atoms with Crippen LogP contribution in [0.4, 0.5) is 0 Å². The average molecular weight is 596 g/mol. The molecule has 0 aliphatic rings. The first-order valence-electron chi connectivity index (χ1n) is 16.1. The molecule has 0 unspecified atom stereocenters. The second-order valence-corrected chi connectivity index (χ2v) is 12.6. The van der Waals surface area contributed by atoms with E-state index in [1.165, 1.54) is 76.1 Å². The Bertz CT molecular complexity index is 3010. The Balaban J connectivity index is 1.27. The van der Waals surface area contributed by atoms with Crippen LogP contribution in [-0.4, -0.2) is 14.4 Å². The lowest BCUT2D eigenvalue weighted by atomic mass is 9.85. The maximum Gasteiger partial charge on any atom is 0.138 e. The lowest BCUT2D eigenvalue weighted by Crippen LogP contribution is -1.92. The fraction of sp³-hybridized carbons (Fsp3) is 0. The van der Waals surface area contributed by atoms with Crippen LogP contribution >= 0.6 is 0 Å². The molecule has 0 N–H and O–H groups in total. The van der Waals surface area contributed by atoms with Gasteiger partial charge in [-0.15, -0.1) is 0 Å². The zero-order valence-electron chi connectivity index (χ0n) is 25.3. The highest BCUT2D eigenvalue weighted by molar-refractivity contribution is 6.37. The summed E-state index contributed by atoms with van der Waals surface area (Å²) in [5.74, 6) is 0. The lowest BCUT2D eigenvalue weighted by molar-refractivity contribution is 1.23. The first-order valence-corrected chi connectivity index (χ1v) is 16.1. The van der Waals surface area contributed by atoms with Gasteiger partial charge in [0, 0.05) is 27.9 Å². The van der Waals surface area contributed by atoms with E-state index in [9.17, 15) is 0 Å². The molecule has 0 bridgehead atoms. The maximum atomic E-state index is 5.24. The van der Waals surface area contributed by atoms with E-state index in [4.69, 9.17) is 9.97 Å². The molecular formula is C44H25N3. The van der Waals surface area contributed by atoms with Crippen LogP contribution < -0.4 is 0 Å².